The van der Waals surface area contributed by atoms with Gasteiger partial charge in [0.05, 0.1) is 11.9 Å². The molecule has 4 heterocycles. The molecule has 0 fully saturated rings. The molecule has 2 aliphatic rings. The molecule has 0 spiro atoms. The molecule has 0 saturated heterocycles. The van der Waals surface area contributed by atoms with E-state index in [-0.39, 0.29) is 6.03 Å². The monoisotopic (exact) mass is 397 g/mol. The molecule has 1 N–H and O–H groups in total. The van der Waals surface area contributed by atoms with Crippen LogP contribution < -0.4 is 5.32 Å². The van der Waals surface area contributed by atoms with E-state index in [4.69, 9.17) is 0 Å². The Morgan fingerprint density at radius 1 is 1.28 bits per heavy atom. The summed E-state index contributed by atoms with van der Waals surface area (Å²) in [6.45, 7) is 9.31. The molecule has 8 heteroatoms. The average molecular weight is 398 g/mol. The molecular formula is C21H31N7O. The van der Waals surface area contributed by atoms with Crippen molar-refractivity contribution in [2.75, 3.05) is 19.6 Å². The first-order chi connectivity index (χ1) is 14.0. The van der Waals surface area contributed by atoms with Crippen LogP contribution in [0.4, 0.5) is 4.79 Å². The molecule has 0 aromatic carbocycles. The number of rotatable bonds is 4. The zero-order valence-corrected chi connectivity index (χ0v) is 17.6. The summed E-state index contributed by atoms with van der Waals surface area (Å²) in [6, 6.07) is 0.315. The summed E-state index contributed by atoms with van der Waals surface area (Å²) < 4.78 is 4.11. The first kappa shape index (κ1) is 19.7. The van der Waals surface area contributed by atoms with Crippen LogP contribution in [-0.2, 0) is 6.54 Å². The van der Waals surface area contributed by atoms with Crippen LogP contribution in [0.1, 0.15) is 68.7 Å². The molecule has 2 aromatic heterocycles. The van der Waals surface area contributed by atoms with Gasteiger partial charge in [-0.3, -0.25) is 0 Å². The number of carbonyl (C=O) groups excluding carboxylic acids is 1. The first-order valence-electron chi connectivity index (χ1n) is 10.7. The number of aryl methyl sites for hydroxylation is 2. The summed E-state index contributed by atoms with van der Waals surface area (Å²) in [6.07, 6.45) is 10.2. The number of amides is 2. The lowest BCUT2D eigenvalue weighted by atomic mass is 9.99. The third kappa shape index (κ3) is 4.36. The van der Waals surface area contributed by atoms with Crippen molar-refractivity contribution in [2.24, 2.45) is 0 Å². The zero-order valence-electron chi connectivity index (χ0n) is 17.6. The predicted molar refractivity (Wildman–Crippen MR) is 112 cm³/mol. The Kier molecular flexibility index (Phi) is 5.69. The highest BCUT2D eigenvalue weighted by atomic mass is 16.2. The quantitative estimate of drug-likeness (QED) is 0.859. The largest absolute Gasteiger partial charge is 0.337 e. The Hall–Kier alpha value is -2.64. The maximum atomic E-state index is 12.8. The average Bonchev–Trinajstić information content (AvgIpc) is 3.26. The number of nitrogens with one attached hydrogen (secondary N) is 1. The van der Waals surface area contributed by atoms with Crippen LogP contribution in [0.2, 0.25) is 0 Å². The van der Waals surface area contributed by atoms with Gasteiger partial charge < -0.3 is 14.8 Å². The van der Waals surface area contributed by atoms with E-state index < -0.39 is 0 Å². The summed E-state index contributed by atoms with van der Waals surface area (Å²) in [7, 11) is 0. The van der Waals surface area contributed by atoms with E-state index >= 15 is 0 Å². The van der Waals surface area contributed by atoms with E-state index in [2.05, 4.69) is 51.3 Å². The van der Waals surface area contributed by atoms with Gasteiger partial charge in [0.25, 0.3) is 0 Å². The molecule has 0 saturated carbocycles. The maximum Gasteiger partial charge on any atom is 0.317 e. The number of aromatic nitrogens is 5. The number of imidazole rings is 1. The van der Waals surface area contributed by atoms with Gasteiger partial charge in [-0.1, -0.05) is 11.3 Å². The van der Waals surface area contributed by atoms with Gasteiger partial charge in [0.15, 0.2) is 0 Å². The Bertz CT molecular complexity index is 895. The van der Waals surface area contributed by atoms with Crippen LogP contribution in [0.5, 0.6) is 0 Å². The molecule has 2 amide bonds. The number of nitrogens with zero attached hydrogens (tertiary/aromatic N) is 6. The van der Waals surface area contributed by atoms with E-state index in [1.54, 1.807) is 0 Å². The minimum atomic E-state index is 0.0193. The SMILES string of the molecule is Cc1cn2c(n1)C(CNC(=O)N1CCC=C(c3cn(C(C)C)nn3)CC1)CCC2. The summed E-state index contributed by atoms with van der Waals surface area (Å²) in [5, 5.41) is 11.7. The molecular weight excluding hydrogens is 366 g/mol. The third-order valence-corrected chi connectivity index (χ3v) is 5.84. The van der Waals surface area contributed by atoms with E-state index in [0.717, 1.165) is 56.0 Å². The molecule has 4 rings (SSSR count). The Balaban J connectivity index is 1.32. The van der Waals surface area contributed by atoms with Gasteiger partial charge in [-0.05, 0) is 52.0 Å². The van der Waals surface area contributed by atoms with Crippen LogP contribution >= 0.6 is 0 Å². The number of carbonyl (C=O) groups is 1. The lowest BCUT2D eigenvalue weighted by Crippen LogP contribution is -2.42. The Morgan fingerprint density at radius 2 is 2.14 bits per heavy atom. The van der Waals surface area contributed by atoms with E-state index in [0.29, 0.717) is 25.0 Å². The van der Waals surface area contributed by atoms with Crippen LogP contribution in [0.15, 0.2) is 18.5 Å². The number of urea groups is 1. The smallest absolute Gasteiger partial charge is 0.317 e. The molecule has 29 heavy (non-hydrogen) atoms. The van der Waals surface area contributed by atoms with Crippen LogP contribution in [-0.4, -0.2) is 55.1 Å². The van der Waals surface area contributed by atoms with Gasteiger partial charge in [-0.15, -0.1) is 5.10 Å². The number of hydrogen-bond donors (Lipinski definition) is 1. The second-order valence-electron chi connectivity index (χ2n) is 8.39. The maximum absolute atomic E-state index is 12.8. The van der Waals surface area contributed by atoms with Crippen molar-refractivity contribution in [2.45, 2.75) is 65.0 Å². The summed E-state index contributed by atoms with van der Waals surface area (Å²) >= 11 is 0. The Morgan fingerprint density at radius 3 is 2.93 bits per heavy atom. The third-order valence-electron chi connectivity index (χ3n) is 5.84. The minimum Gasteiger partial charge on any atom is -0.337 e. The van der Waals surface area contributed by atoms with Gasteiger partial charge in [0.1, 0.15) is 11.5 Å². The van der Waals surface area contributed by atoms with Gasteiger partial charge in [-0.25, -0.2) is 14.5 Å². The predicted octanol–water partition coefficient (Wildman–Crippen LogP) is 3.13. The van der Waals surface area contributed by atoms with Crippen molar-refractivity contribution in [1.29, 1.82) is 0 Å². The molecule has 0 radical (unpaired) electrons. The molecule has 1 atom stereocenters. The first-order valence-corrected chi connectivity index (χ1v) is 10.7. The topological polar surface area (TPSA) is 80.9 Å². The Labute approximate surface area is 172 Å². The number of hydrogen-bond acceptors (Lipinski definition) is 4. The standard InChI is InChI=1S/C21H31N7O/c1-15(2)28-14-19(24-25-28)17-6-4-9-26(11-8-17)21(29)22-12-18-7-5-10-27-13-16(3)23-20(18)27/h6,13-15,18H,4-5,7-12H2,1-3H3,(H,22,29). The van der Waals surface area contributed by atoms with Crippen molar-refractivity contribution in [3.8, 4) is 0 Å². The second kappa shape index (κ2) is 8.39. The van der Waals surface area contributed by atoms with Crippen LogP contribution in [0, 0.1) is 6.92 Å². The fraction of sp³-hybridized carbons (Fsp3) is 0.619. The molecule has 0 aliphatic carbocycles. The van der Waals surface area contributed by atoms with Crippen LogP contribution in [0.3, 0.4) is 0 Å². The molecule has 0 bridgehead atoms. The second-order valence-corrected chi connectivity index (χ2v) is 8.39. The summed E-state index contributed by atoms with van der Waals surface area (Å²) in [4.78, 5) is 19.4. The van der Waals surface area contributed by atoms with E-state index in [1.165, 1.54) is 5.57 Å². The van der Waals surface area contributed by atoms with Gasteiger partial charge >= 0.3 is 6.03 Å². The lowest BCUT2D eigenvalue weighted by molar-refractivity contribution is 0.199. The molecule has 2 aliphatic heterocycles. The summed E-state index contributed by atoms with van der Waals surface area (Å²) in [5.74, 6) is 1.41. The van der Waals surface area contributed by atoms with Crippen molar-refractivity contribution in [3.05, 3.63) is 35.7 Å². The lowest BCUT2D eigenvalue weighted by Gasteiger charge is -2.26. The fourth-order valence-corrected chi connectivity index (χ4v) is 4.20. The van der Waals surface area contributed by atoms with E-state index in [9.17, 15) is 4.79 Å². The zero-order chi connectivity index (χ0) is 20.4. The van der Waals surface area contributed by atoms with E-state index in [1.807, 2.05) is 22.7 Å². The highest BCUT2D eigenvalue weighted by Crippen LogP contribution is 2.26. The van der Waals surface area contributed by atoms with Gasteiger partial charge in [-0.2, -0.15) is 0 Å². The van der Waals surface area contributed by atoms with Crippen molar-refractivity contribution in [3.63, 3.8) is 0 Å². The number of fused-ring (bicyclic) bond motifs is 1. The molecule has 156 valence electrons. The minimum absolute atomic E-state index is 0.0193. The van der Waals surface area contributed by atoms with Crippen molar-refractivity contribution in [1.82, 2.24) is 34.8 Å². The van der Waals surface area contributed by atoms with Crippen LogP contribution in [0.25, 0.3) is 5.57 Å². The highest BCUT2D eigenvalue weighted by molar-refractivity contribution is 5.75. The van der Waals surface area contributed by atoms with Crippen molar-refractivity contribution >= 4 is 11.6 Å². The molecule has 1 unspecified atom stereocenters. The highest BCUT2D eigenvalue weighted by Gasteiger charge is 2.24. The summed E-state index contributed by atoms with van der Waals surface area (Å²) in [5.41, 5.74) is 3.15. The normalized spacial score (nSPS) is 19.7. The van der Waals surface area contributed by atoms with Gasteiger partial charge in [0.2, 0.25) is 0 Å². The molecule has 2 aromatic rings. The fourth-order valence-electron chi connectivity index (χ4n) is 4.20. The van der Waals surface area contributed by atoms with Gasteiger partial charge in [0, 0.05) is 44.3 Å². The molecule has 8 nitrogen and oxygen atoms in total. The van der Waals surface area contributed by atoms with Crippen molar-refractivity contribution < 1.29 is 4.79 Å².